The van der Waals surface area contributed by atoms with Crippen LogP contribution in [0.15, 0.2) is 42.7 Å². The number of nitrogens with zero attached hydrogens (tertiary/aromatic N) is 4. The Morgan fingerprint density at radius 1 is 1.09 bits per heavy atom. The second-order valence-corrected chi connectivity index (χ2v) is 6.50. The average Bonchev–Trinajstić information content (AvgIpc) is 2.58. The van der Waals surface area contributed by atoms with Crippen molar-refractivity contribution in [3.8, 4) is 0 Å². The molecule has 1 aliphatic heterocycles. The molecule has 0 spiro atoms. The Hall–Kier alpha value is -1.74. The standard InChI is InChI=1S/C16H18IN5O/c17-13-4-1-2-5-14(13)20-15(23)12-21-8-10-22(11-9-21)16-18-6-3-7-19-16/h1-7H,8-12H2,(H,20,23). The predicted molar refractivity (Wildman–Crippen MR) is 98.5 cm³/mol. The molecular weight excluding hydrogens is 405 g/mol. The summed E-state index contributed by atoms with van der Waals surface area (Å²) in [5, 5.41) is 2.97. The van der Waals surface area contributed by atoms with E-state index in [9.17, 15) is 4.79 Å². The first-order valence-electron chi connectivity index (χ1n) is 7.51. The van der Waals surface area contributed by atoms with E-state index in [1.54, 1.807) is 12.4 Å². The third-order valence-electron chi connectivity index (χ3n) is 3.72. The molecule has 0 radical (unpaired) electrons. The topological polar surface area (TPSA) is 61.4 Å². The van der Waals surface area contributed by atoms with Crippen molar-refractivity contribution in [2.75, 3.05) is 42.9 Å². The first-order valence-corrected chi connectivity index (χ1v) is 8.59. The van der Waals surface area contributed by atoms with E-state index in [-0.39, 0.29) is 5.91 Å². The highest BCUT2D eigenvalue weighted by molar-refractivity contribution is 14.1. The van der Waals surface area contributed by atoms with E-state index in [1.165, 1.54) is 0 Å². The van der Waals surface area contributed by atoms with E-state index < -0.39 is 0 Å². The Bertz CT molecular complexity index is 659. The van der Waals surface area contributed by atoms with Gasteiger partial charge in [0.25, 0.3) is 0 Å². The van der Waals surface area contributed by atoms with Gasteiger partial charge in [-0.25, -0.2) is 9.97 Å². The van der Waals surface area contributed by atoms with Gasteiger partial charge in [0.2, 0.25) is 11.9 Å². The first-order chi connectivity index (χ1) is 11.2. The van der Waals surface area contributed by atoms with Crippen LogP contribution in [0.2, 0.25) is 0 Å². The van der Waals surface area contributed by atoms with Crippen LogP contribution in [0.25, 0.3) is 0 Å². The molecule has 0 atom stereocenters. The van der Waals surface area contributed by atoms with E-state index >= 15 is 0 Å². The molecular formula is C16H18IN5O. The summed E-state index contributed by atoms with van der Waals surface area (Å²) in [6.07, 6.45) is 3.51. The van der Waals surface area contributed by atoms with Crippen molar-refractivity contribution in [3.63, 3.8) is 0 Å². The maximum Gasteiger partial charge on any atom is 0.238 e. The molecule has 1 N–H and O–H groups in total. The summed E-state index contributed by atoms with van der Waals surface area (Å²) in [4.78, 5) is 25.0. The number of amides is 1. The second-order valence-electron chi connectivity index (χ2n) is 5.34. The fraction of sp³-hybridized carbons (Fsp3) is 0.312. The van der Waals surface area contributed by atoms with Crippen LogP contribution in [0.5, 0.6) is 0 Å². The van der Waals surface area contributed by atoms with E-state index in [2.05, 4.69) is 47.7 Å². The number of nitrogens with one attached hydrogen (secondary N) is 1. The van der Waals surface area contributed by atoms with Gasteiger partial charge in [-0.1, -0.05) is 12.1 Å². The van der Waals surface area contributed by atoms with Crippen LogP contribution in [-0.2, 0) is 4.79 Å². The number of benzene rings is 1. The van der Waals surface area contributed by atoms with Crippen LogP contribution < -0.4 is 10.2 Å². The quantitative estimate of drug-likeness (QED) is 0.761. The van der Waals surface area contributed by atoms with Crippen molar-refractivity contribution in [3.05, 3.63) is 46.3 Å². The number of halogens is 1. The van der Waals surface area contributed by atoms with Gasteiger partial charge in [-0.2, -0.15) is 0 Å². The number of rotatable bonds is 4. The molecule has 1 amide bonds. The second kappa shape index (κ2) is 7.69. The molecule has 2 aromatic rings. The van der Waals surface area contributed by atoms with Gasteiger partial charge in [-0.15, -0.1) is 0 Å². The minimum Gasteiger partial charge on any atom is -0.338 e. The average molecular weight is 423 g/mol. The van der Waals surface area contributed by atoms with Crippen molar-refractivity contribution >= 4 is 40.1 Å². The van der Waals surface area contributed by atoms with E-state index in [0.29, 0.717) is 6.54 Å². The maximum absolute atomic E-state index is 12.2. The van der Waals surface area contributed by atoms with Gasteiger partial charge in [0.15, 0.2) is 0 Å². The predicted octanol–water partition coefficient (Wildman–Crippen LogP) is 1.84. The minimum absolute atomic E-state index is 0.0264. The number of aromatic nitrogens is 2. The lowest BCUT2D eigenvalue weighted by molar-refractivity contribution is -0.117. The van der Waals surface area contributed by atoms with Crippen molar-refractivity contribution in [2.24, 2.45) is 0 Å². The lowest BCUT2D eigenvalue weighted by atomic mass is 10.3. The molecule has 0 aliphatic carbocycles. The van der Waals surface area contributed by atoms with Crippen LogP contribution in [0.1, 0.15) is 0 Å². The molecule has 1 saturated heterocycles. The van der Waals surface area contributed by atoms with Gasteiger partial charge in [0, 0.05) is 42.1 Å². The molecule has 2 heterocycles. The molecule has 1 aliphatic rings. The summed E-state index contributed by atoms with van der Waals surface area (Å²) in [6.45, 7) is 3.74. The Balaban J connectivity index is 1.49. The van der Waals surface area contributed by atoms with E-state index in [1.807, 2.05) is 30.3 Å². The van der Waals surface area contributed by atoms with Gasteiger partial charge in [-0.05, 0) is 40.8 Å². The number of carbonyl (C=O) groups excluding carboxylic acids is 1. The lowest BCUT2D eigenvalue weighted by Crippen LogP contribution is -2.49. The van der Waals surface area contributed by atoms with Gasteiger partial charge in [0.05, 0.1) is 12.2 Å². The first kappa shape index (κ1) is 16.1. The number of para-hydroxylation sites is 1. The van der Waals surface area contributed by atoms with Crippen LogP contribution in [0, 0.1) is 3.57 Å². The number of hydrogen-bond donors (Lipinski definition) is 1. The van der Waals surface area contributed by atoms with Crippen molar-refractivity contribution in [1.29, 1.82) is 0 Å². The molecule has 0 unspecified atom stereocenters. The van der Waals surface area contributed by atoms with Gasteiger partial charge in [0.1, 0.15) is 0 Å². The molecule has 0 saturated carbocycles. The SMILES string of the molecule is O=C(CN1CCN(c2ncccn2)CC1)Nc1ccccc1I. The minimum atomic E-state index is 0.0264. The molecule has 23 heavy (non-hydrogen) atoms. The van der Waals surface area contributed by atoms with Gasteiger partial charge in [-0.3, -0.25) is 9.69 Å². The van der Waals surface area contributed by atoms with Crippen molar-refractivity contribution < 1.29 is 4.79 Å². The molecule has 7 heteroatoms. The van der Waals surface area contributed by atoms with Crippen molar-refractivity contribution in [2.45, 2.75) is 0 Å². The number of carbonyl (C=O) groups is 1. The van der Waals surface area contributed by atoms with Crippen molar-refractivity contribution in [1.82, 2.24) is 14.9 Å². The highest BCUT2D eigenvalue weighted by atomic mass is 127. The summed E-state index contributed by atoms with van der Waals surface area (Å²) in [5.41, 5.74) is 0.870. The number of anilines is 2. The summed E-state index contributed by atoms with van der Waals surface area (Å²) >= 11 is 2.22. The highest BCUT2D eigenvalue weighted by Gasteiger charge is 2.20. The smallest absolute Gasteiger partial charge is 0.238 e. The molecule has 3 rings (SSSR count). The Morgan fingerprint density at radius 2 is 1.78 bits per heavy atom. The Kier molecular flexibility index (Phi) is 5.39. The Labute approximate surface area is 149 Å². The number of piperazine rings is 1. The zero-order chi connectivity index (χ0) is 16.1. The Morgan fingerprint density at radius 3 is 2.48 bits per heavy atom. The largest absolute Gasteiger partial charge is 0.338 e. The van der Waals surface area contributed by atoms with Gasteiger partial charge >= 0.3 is 0 Å². The number of hydrogen-bond acceptors (Lipinski definition) is 5. The summed E-state index contributed by atoms with van der Waals surface area (Å²) in [5.74, 6) is 0.786. The van der Waals surface area contributed by atoms with Crippen LogP contribution in [-0.4, -0.2) is 53.5 Å². The van der Waals surface area contributed by atoms with Crippen LogP contribution >= 0.6 is 22.6 Å². The van der Waals surface area contributed by atoms with Crippen LogP contribution in [0.4, 0.5) is 11.6 Å². The monoisotopic (exact) mass is 423 g/mol. The van der Waals surface area contributed by atoms with Gasteiger partial charge < -0.3 is 10.2 Å². The normalized spacial score (nSPS) is 15.4. The molecule has 120 valence electrons. The molecule has 1 aromatic heterocycles. The fourth-order valence-electron chi connectivity index (χ4n) is 2.52. The third kappa shape index (κ3) is 4.38. The van der Waals surface area contributed by atoms with E-state index in [0.717, 1.165) is 41.4 Å². The third-order valence-corrected chi connectivity index (χ3v) is 4.66. The summed E-state index contributed by atoms with van der Waals surface area (Å²) in [7, 11) is 0. The zero-order valence-corrected chi connectivity index (χ0v) is 14.8. The van der Waals surface area contributed by atoms with Crippen LogP contribution in [0.3, 0.4) is 0 Å². The highest BCUT2D eigenvalue weighted by Crippen LogP contribution is 2.17. The summed E-state index contributed by atoms with van der Waals surface area (Å²) < 4.78 is 1.05. The van der Waals surface area contributed by atoms with E-state index in [4.69, 9.17) is 0 Å². The molecule has 1 fully saturated rings. The molecule has 6 nitrogen and oxygen atoms in total. The molecule has 0 bridgehead atoms. The fourth-order valence-corrected chi connectivity index (χ4v) is 3.04. The summed E-state index contributed by atoms with van der Waals surface area (Å²) in [6, 6.07) is 9.60. The zero-order valence-electron chi connectivity index (χ0n) is 12.7. The molecule has 1 aromatic carbocycles. The lowest BCUT2D eigenvalue weighted by Gasteiger charge is -2.34. The maximum atomic E-state index is 12.2.